The second kappa shape index (κ2) is 7.05. The van der Waals surface area contributed by atoms with Crippen molar-refractivity contribution in [3.8, 4) is 0 Å². The van der Waals surface area contributed by atoms with Crippen LogP contribution in [-0.4, -0.2) is 15.7 Å². The first-order valence-electron chi connectivity index (χ1n) is 9.45. The molecule has 2 heterocycles. The fourth-order valence-corrected chi connectivity index (χ4v) is 3.68. The van der Waals surface area contributed by atoms with Crippen LogP contribution in [0.4, 0.5) is 30.2 Å². The smallest absolute Gasteiger partial charge is 0.261 e. The van der Waals surface area contributed by atoms with Gasteiger partial charge in [0.25, 0.3) is 5.91 Å². The summed E-state index contributed by atoms with van der Waals surface area (Å²) >= 11 is 0. The third-order valence-corrected chi connectivity index (χ3v) is 5.26. The summed E-state index contributed by atoms with van der Waals surface area (Å²) in [6, 6.07) is 13.2. The Balaban J connectivity index is 1.44. The number of fused-ring (bicyclic) bond motifs is 2. The van der Waals surface area contributed by atoms with Crippen LogP contribution in [0.2, 0.25) is 0 Å². The molecular formula is C22H16F3N5O. The molecule has 0 saturated carbocycles. The van der Waals surface area contributed by atoms with Crippen molar-refractivity contribution < 1.29 is 18.0 Å². The van der Waals surface area contributed by atoms with Crippen LogP contribution >= 0.6 is 0 Å². The van der Waals surface area contributed by atoms with Gasteiger partial charge in [-0.3, -0.25) is 19.9 Å². The molecule has 156 valence electrons. The SMILES string of the molecule is Cn1ncc2c(F)c(C(=O)Nc3cc4c(cc3F)NN(c3ccccc3)C4)c(F)cc21. The van der Waals surface area contributed by atoms with E-state index < -0.39 is 28.9 Å². The number of carbonyl (C=O) groups is 1. The number of aromatic nitrogens is 2. The van der Waals surface area contributed by atoms with Gasteiger partial charge in [-0.15, -0.1) is 0 Å². The first-order chi connectivity index (χ1) is 14.9. The lowest BCUT2D eigenvalue weighted by Crippen LogP contribution is -2.22. The molecule has 2 N–H and O–H groups in total. The van der Waals surface area contributed by atoms with Crippen LogP contribution < -0.4 is 15.8 Å². The Morgan fingerprint density at radius 1 is 1.10 bits per heavy atom. The molecule has 0 bridgehead atoms. The molecule has 1 amide bonds. The van der Waals surface area contributed by atoms with Crippen LogP contribution in [0.5, 0.6) is 0 Å². The van der Waals surface area contributed by atoms with E-state index in [2.05, 4.69) is 15.8 Å². The normalized spacial score (nSPS) is 12.7. The number of amides is 1. The molecule has 0 aliphatic carbocycles. The summed E-state index contributed by atoms with van der Waals surface area (Å²) in [5.74, 6) is -3.90. The Hall–Kier alpha value is -4.01. The number of hydrazine groups is 1. The number of carbonyl (C=O) groups excluding carboxylic acids is 1. The van der Waals surface area contributed by atoms with Crippen molar-refractivity contribution in [1.82, 2.24) is 9.78 Å². The highest BCUT2D eigenvalue weighted by Crippen LogP contribution is 2.33. The van der Waals surface area contributed by atoms with Crippen LogP contribution in [0, 0.1) is 17.5 Å². The van der Waals surface area contributed by atoms with Gasteiger partial charge in [0.05, 0.1) is 40.7 Å². The topological polar surface area (TPSA) is 62.2 Å². The van der Waals surface area contributed by atoms with E-state index in [9.17, 15) is 18.0 Å². The second-order valence-electron chi connectivity index (χ2n) is 7.23. The number of nitrogens with one attached hydrogen (secondary N) is 2. The highest BCUT2D eigenvalue weighted by atomic mass is 19.1. The summed E-state index contributed by atoms with van der Waals surface area (Å²) in [5.41, 5.74) is 4.52. The fourth-order valence-electron chi connectivity index (χ4n) is 3.68. The number of nitrogens with zero attached hydrogens (tertiary/aromatic N) is 3. The molecule has 0 saturated heterocycles. The third-order valence-electron chi connectivity index (χ3n) is 5.26. The number of halogens is 3. The minimum atomic E-state index is -1.08. The van der Waals surface area contributed by atoms with Crippen molar-refractivity contribution in [2.75, 3.05) is 15.8 Å². The van der Waals surface area contributed by atoms with E-state index in [1.165, 1.54) is 30.1 Å². The lowest BCUT2D eigenvalue weighted by molar-refractivity contribution is 0.101. The van der Waals surface area contributed by atoms with Gasteiger partial charge >= 0.3 is 0 Å². The standard InChI is InChI=1S/C22H16F3N5O/c1-29-19-9-16(24)20(21(25)14(19)10-26-29)22(31)27-18-7-12-11-30(13-5-3-2-4-6-13)28-17(12)8-15(18)23/h2-10,28H,11H2,1H3,(H,27,31). The number of hydrogen-bond donors (Lipinski definition) is 2. The first kappa shape index (κ1) is 19.0. The van der Waals surface area contributed by atoms with Gasteiger partial charge in [-0.2, -0.15) is 5.10 Å². The fraction of sp³-hybridized carbons (Fsp3) is 0.0909. The van der Waals surface area contributed by atoms with Crippen molar-refractivity contribution in [1.29, 1.82) is 0 Å². The summed E-state index contributed by atoms with van der Waals surface area (Å²) in [6.07, 6.45) is 1.21. The first-order valence-corrected chi connectivity index (χ1v) is 9.45. The Labute approximate surface area is 174 Å². The molecule has 5 rings (SSSR count). The van der Waals surface area contributed by atoms with E-state index in [0.29, 0.717) is 12.2 Å². The molecule has 9 heteroatoms. The maximum absolute atomic E-state index is 14.8. The van der Waals surface area contributed by atoms with Crippen molar-refractivity contribution >= 4 is 33.9 Å². The second-order valence-corrected chi connectivity index (χ2v) is 7.23. The predicted molar refractivity (Wildman–Crippen MR) is 111 cm³/mol. The average molecular weight is 423 g/mol. The predicted octanol–water partition coefficient (Wildman–Crippen LogP) is 4.59. The van der Waals surface area contributed by atoms with Gasteiger partial charge in [0.2, 0.25) is 0 Å². The van der Waals surface area contributed by atoms with Crippen LogP contribution in [0.3, 0.4) is 0 Å². The quantitative estimate of drug-likeness (QED) is 0.506. The van der Waals surface area contributed by atoms with Crippen molar-refractivity contribution in [2.45, 2.75) is 6.54 Å². The minimum Gasteiger partial charge on any atom is -0.319 e. The number of rotatable bonds is 3. The highest BCUT2D eigenvalue weighted by molar-refractivity contribution is 6.07. The average Bonchev–Trinajstić information content (AvgIpc) is 3.32. The third kappa shape index (κ3) is 3.14. The molecule has 0 fully saturated rings. The number of aryl methyl sites for hydroxylation is 1. The lowest BCUT2D eigenvalue weighted by atomic mass is 10.1. The number of para-hydroxylation sites is 1. The van der Waals surface area contributed by atoms with E-state index in [4.69, 9.17) is 0 Å². The van der Waals surface area contributed by atoms with Crippen LogP contribution in [-0.2, 0) is 13.6 Å². The van der Waals surface area contributed by atoms with E-state index in [1.54, 1.807) is 0 Å². The molecule has 0 unspecified atom stereocenters. The van der Waals surface area contributed by atoms with Crippen molar-refractivity contribution in [2.24, 2.45) is 7.05 Å². The molecule has 3 aromatic carbocycles. The minimum absolute atomic E-state index is 0.00572. The summed E-state index contributed by atoms with van der Waals surface area (Å²) in [7, 11) is 1.54. The zero-order valence-electron chi connectivity index (χ0n) is 16.3. The monoisotopic (exact) mass is 423 g/mol. The molecule has 0 atom stereocenters. The summed E-state index contributed by atoms with van der Waals surface area (Å²) in [6.45, 7) is 0.423. The van der Waals surface area contributed by atoms with Gasteiger partial charge in [-0.25, -0.2) is 13.2 Å². The van der Waals surface area contributed by atoms with Crippen LogP contribution in [0.15, 0.2) is 54.7 Å². The van der Waals surface area contributed by atoms with Crippen LogP contribution in [0.25, 0.3) is 10.9 Å². The van der Waals surface area contributed by atoms with Gasteiger partial charge in [-0.05, 0) is 18.2 Å². The summed E-state index contributed by atoms with van der Waals surface area (Å²) < 4.78 is 45.2. The summed E-state index contributed by atoms with van der Waals surface area (Å²) in [5, 5.41) is 8.00. The van der Waals surface area contributed by atoms with Gasteiger partial charge < -0.3 is 5.32 Å². The maximum atomic E-state index is 14.8. The van der Waals surface area contributed by atoms with Gasteiger partial charge in [-0.1, -0.05) is 18.2 Å². The molecular weight excluding hydrogens is 407 g/mol. The van der Waals surface area contributed by atoms with E-state index in [1.807, 2.05) is 35.3 Å². The van der Waals surface area contributed by atoms with Gasteiger partial charge in [0, 0.05) is 24.7 Å². The lowest BCUT2D eigenvalue weighted by Gasteiger charge is -2.18. The molecule has 0 spiro atoms. The van der Waals surface area contributed by atoms with Crippen LogP contribution in [0.1, 0.15) is 15.9 Å². The van der Waals surface area contributed by atoms with E-state index >= 15 is 0 Å². The molecule has 0 radical (unpaired) electrons. The number of hydrogen-bond acceptors (Lipinski definition) is 4. The van der Waals surface area contributed by atoms with Crippen molar-refractivity contribution in [3.63, 3.8) is 0 Å². The van der Waals surface area contributed by atoms with E-state index in [0.717, 1.165) is 17.3 Å². The highest BCUT2D eigenvalue weighted by Gasteiger charge is 2.25. The number of anilines is 3. The zero-order valence-corrected chi connectivity index (χ0v) is 16.3. The van der Waals surface area contributed by atoms with Crippen molar-refractivity contribution in [3.05, 3.63) is 83.3 Å². The maximum Gasteiger partial charge on any atom is 0.261 e. The zero-order chi connectivity index (χ0) is 21.7. The molecule has 31 heavy (non-hydrogen) atoms. The number of benzene rings is 3. The Bertz CT molecular complexity index is 1340. The summed E-state index contributed by atoms with van der Waals surface area (Å²) in [4.78, 5) is 12.6. The largest absolute Gasteiger partial charge is 0.319 e. The van der Waals surface area contributed by atoms with E-state index in [-0.39, 0.29) is 16.6 Å². The van der Waals surface area contributed by atoms with Gasteiger partial charge in [0.15, 0.2) is 0 Å². The Morgan fingerprint density at radius 2 is 1.87 bits per heavy atom. The molecule has 4 aromatic rings. The Morgan fingerprint density at radius 3 is 2.65 bits per heavy atom. The Kier molecular flexibility index (Phi) is 4.32. The van der Waals surface area contributed by atoms with Gasteiger partial charge in [0.1, 0.15) is 23.0 Å². The molecule has 1 aliphatic rings. The molecule has 1 aromatic heterocycles. The molecule has 1 aliphatic heterocycles. The molecule has 6 nitrogen and oxygen atoms in total.